The molecule has 5 heteroatoms. The van der Waals surface area contributed by atoms with Gasteiger partial charge in [-0.1, -0.05) is 13.3 Å². The van der Waals surface area contributed by atoms with Crippen LogP contribution in [0.3, 0.4) is 0 Å². The van der Waals surface area contributed by atoms with Gasteiger partial charge in [-0.25, -0.2) is 9.97 Å². The van der Waals surface area contributed by atoms with Crippen LogP contribution in [0.5, 0.6) is 0 Å². The minimum Gasteiger partial charge on any atom is -0.383 e. The Morgan fingerprint density at radius 3 is 2.82 bits per heavy atom. The maximum absolute atomic E-state index is 5.90. The van der Waals surface area contributed by atoms with Gasteiger partial charge >= 0.3 is 0 Å². The highest BCUT2D eigenvalue weighted by Crippen LogP contribution is 2.47. The molecule has 1 heterocycles. The van der Waals surface area contributed by atoms with E-state index < -0.39 is 0 Å². The number of hydrogen-bond donors (Lipinski definition) is 2. The number of nitrogens with two attached hydrogens (primary N) is 1. The van der Waals surface area contributed by atoms with Crippen LogP contribution in [-0.2, 0) is 6.42 Å². The summed E-state index contributed by atoms with van der Waals surface area (Å²) in [5.74, 6) is 1.53. The molecule has 0 saturated heterocycles. The predicted octanol–water partition coefficient (Wildman–Crippen LogP) is 2.32. The number of aromatic nitrogens is 2. The molecule has 1 aliphatic rings. The maximum Gasteiger partial charge on any atom is 0.134 e. The highest BCUT2D eigenvalue weighted by Gasteiger charge is 2.41. The average molecular weight is 252 g/mol. The third-order valence-corrected chi connectivity index (χ3v) is 4.72. The number of nitrogen functional groups attached to an aromatic ring is 1. The molecule has 0 unspecified atom stereocenters. The van der Waals surface area contributed by atoms with Gasteiger partial charge in [-0.3, -0.25) is 0 Å². The Hall–Kier alpha value is -0.970. The first-order valence-electron chi connectivity index (χ1n) is 6.09. The largest absolute Gasteiger partial charge is 0.383 e. The number of nitrogens with zero attached hydrogens (tertiary/aromatic N) is 2. The molecule has 1 saturated carbocycles. The predicted molar refractivity (Wildman–Crippen MR) is 74.4 cm³/mol. The van der Waals surface area contributed by atoms with E-state index >= 15 is 0 Å². The van der Waals surface area contributed by atoms with Crippen molar-refractivity contribution in [3.63, 3.8) is 0 Å². The minimum atomic E-state index is 0.434. The Labute approximate surface area is 107 Å². The second kappa shape index (κ2) is 5.12. The van der Waals surface area contributed by atoms with Crippen LogP contribution in [0.4, 0.5) is 11.6 Å². The van der Waals surface area contributed by atoms with Crippen molar-refractivity contribution in [2.45, 2.75) is 37.4 Å². The molecule has 1 aromatic rings. The van der Waals surface area contributed by atoms with E-state index in [0.29, 0.717) is 10.6 Å². The molecular weight excluding hydrogens is 232 g/mol. The van der Waals surface area contributed by atoms with E-state index in [-0.39, 0.29) is 0 Å². The summed E-state index contributed by atoms with van der Waals surface area (Å²) >= 11 is 1.94. The van der Waals surface area contributed by atoms with Crippen LogP contribution < -0.4 is 11.1 Å². The fourth-order valence-corrected chi connectivity index (χ4v) is 2.64. The topological polar surface area (TPSA) is 63.8 Å². The van der Waals surface area contributed by atoms with Gasteiger partial charge in [-0.15, -0.1) is 0 Å². The van der Waals surface area contributed by atoms with E-state index in [1.807, 2.05) is 11.8 Å². The van der Waals surface area contributed by atoms with Crippen molar-refractivity contribution in [2.75, 3.05) is 23.9 Å². The lowest BCUT2D eigenvalue weighted by Gasteiger charge is -2.16. The zero-order valence-electron chi connectivity index (χ0n) is 10.5. The summed E-state index contributed by atoms with van der Waals surface area (Å²) in [4.78, 5) is 8.37. The Balaban J connectivity index is 2.06. The Morgan fingerprint density at radius 1 is 1.47 bits per heavy atom. The molecule has 17 heavy (non-hydrogen) atoms. The second-order valence-electron chi connectivity index (χ2n) is 4.58. The number of rotatable bonds is 6. The van der Waals surface area contributed by atoms with Crippen molar-refractivity contribution in [3.8, 4) is 0 Å². The molecular formula is C12H20N4S. The fourth-order valence-electron chi connectivity index (χ4n) is 1.91. The summed E-state index contributed by atoms with van der Waals surface area (Å²) in [6, 6.07) is 0. The highest BCUT2D eigenvalue weighted by molar-refractivity contribution is 8.00. The molecule has 3 N–H and O–H groups in total. The quantitative estimate of drug-likeness (QED) is 0.813. The first-order valence-corrected chi connectivity index (χ1v) is 7.31. The van der Waals surface area contributed by atoms with E-state index in [4.69, 9.17) is 5.73 Å². The standard InChI is InChI=1S/C12H20N4S/c1-3-4-9-10(13)15-8-16-11(9)14-7-12(17-2)5-6-12/h8H,3-7H2,1-2H3,(H3,13,14,15,16). The van der Waals surface area contributed by atoms with E-state index in [2.05, 4.69) is 28.5 Å². The van der Waals surface area contributed by atoms with E-state index in [0.717, 1.165) is 30.8 Å². The number of thioether (sulfide) groups is 1. The molecule has 0 atom stereocenters. The Bertz CT molecular complexity index is 390. The zero-order valence-corrected chi connectivity index (χ0v) is 11.3. The maximum atomic E-state index is 5.90. The highest BCUT2D eigenvalue weighted by atomic mass is 32.2. The van der Waals surface area contributed by atoms with Gasteiger partial charge in [0.25, 0.3) is 0 Å². The third-order valence-electron chi connectivity index (χ3n) is 3.30. The molecule has 4 nitrogen and oxygen atoms in total. The first kappa shape index (κ1) is 12.5. The van der Waals surface area contributed by atoms with Crippen LogP contribution in [0.1, 0.15) is 31.7 Å². The molecule has 0 radical (unpaired) electrons. The molecule has 2 rings (SSSR count). The average Bonchev–Trinajstić information content (AvgIpc) is 3.11. The first-order chi connectivity index (χ1) is 8.21. The molecule has 0 bridgehead atoms. The zero-order chi connectivity index (χ0) is 12.3. The Kier molecular flexibility index (Phi) is 3.76. The smallest absolute Gasteiger partial charge is 0.134 e. The molecule has 1 aliphatic carbocycles. The molecule has 1 aromatic heterocycles. The van der Waals surface area contributed by atoms with E-state index in [1.165, 1.54) is 19.2 Å². The van der Waals surface area contributed by atoms with Crippen LogP contribution in [0.2, 0.25) is 0 Å². The van der Waals surface area contributed by atoms with Gasteiger partial charge in [0.2, 0.25) is 0 Å². The van der Waals surface area contributed by atoms with Gasteiger partial charge < -0.3 is 11.1 Å². The van der Waals surface area contributed by atoms with Crippen molar-refractivity contribution in [3.05, 3.63) is 11.9 Å². The van der Waals surface area contributed by atoms with Gasteiger partial charge in [0.05, 0.1) is 0 Å². The number of hydrogen-bond acceptors (Lipinski definition) is 5. The normalized spacial score (nSPS) is 16.8. The fraction of sp³-hybridized carbons (Fsp3) is 0.667. The molecule has 0 spiro atoms. The minimum absolute atomic E-state index is 0.434. The second-order valence-corrected chi connectivity index (χ2v) is 5.85. The lowest BCUT2D eigenvalue weighted by Crippen LogP contribution is -2.19. The third kappa shape index (κ3) is 2.83. The SMILES string of the molecule is CCCc1c(N)ncnc1NCC1(SC)CC1. The van der Waals surface area contributed by atoms with Crippen LogP contribution >= 0.6 is 11.8 Å². The summed E-state index contributed by atoms with van der Waals surface area (Å²) in [5.41, 5.74) is 6.96. The van der Waals surface area contributed by atoms with Crippen molar-refractivity contribution in [2.24, 2.45) is 0 Å². The van der Waals surface area contributed by atoms with E-state index in [1.54, 1.807) is 0 Å². The molecule has 1 fully saturated rings. The summed E-state index contributed by atoms with van der Waals surface area (Å²) in [6.45, 7) is 3.11. The van der Waals surface area contributed by atoms with E-state index in [9.17, 15) is 0 Å². The molecule has 0 amide bonds. The van der Waals surface area contributed by atoms with Crippen LogP contribution in [0.15, 0.2) is 6.33 Å². The molecule has 94 valence electrons. The van der Waals surface area contributed by atoms with Crippen LogP contribution in [-0.4, -0.2) is 27.5 Å². The van der Waals surface area contributed by atoms with Gasteiger partial charge in [0.1, 0.15) is 18.0 Å². The van der Waals surface area contributed by atoms with Gasteiger partial charge in [0.15, 0.2) is 0 Å². The van der Waals surface area contributed by atoms with Crippen molar-refractivity contribution < 1.29 is 0 Å². The molecule has 0 aromatic carbocycles. The Morgan fingerprint density at radius 2 is 2.24 bits per heavy atom. The summed E-state index contributed by atoms with van der Waals surface area (Å²) < 4.78 is 0.434. The van der Waals surface area contributed by atoms with Crippen molar-refractivity contribution in [1.82, 2.24) is 9.97 Å². The summed E-state index contributed by atoms with van der Waals surface area (Å²) in [6.07, 6.45) is 8.29. The number of nitrogens with one attached hydrogen (secondary N) is 1. The summed E-state index contributed by atoms with van der Waals surface area (Å²) in [5, 5.41) is 3.44. The van der Waals surface area contributed by atoms with Crippen LogP contribution in [0.25, 0.3) is 0 Å². The van der Waals surface area contributed by atoms with Gasteiger partial charge in [-0.2, -0.15) is 11.8 Å². The lowest BCUT2D eigenvalue weighted by atomic mass is 10.1. The van der Waals surface area contributed by atoms with Crippen molar-refractivity contribution in [1.29, 1.82) is 0 Å². The summed E-state index contributed by atoms with van der Waals surface area (Å²) in [7, 11) is 0. The van der Waals surface area contributed by atoms with Gasteiger partial charge in [0, 0.05) is 16.9 Å². The monoisotopic (exact) mass is 252 g/mol. The molecule has 0 aliphatic heterocycles. The van der Waals surface area contributed by atoms with Crippen LogP contribution in [0, 0.1) is 0 Å². The lowest BCUT2D eigenvalue weighted by molar-refractivity contribution is 0.887. The number of anilines is 2. The van der Waals surface area contributed by atoms with Crippen molar-refractivity contribution >= 4 is 23.4 Å². The van der Waals surface area contributed by atoms with Gasteiger partial charge in [-0.05, 0) is 25.5 Å².